The third-order valence-electron chi connectivity index (χ3n) is 5.88. The minimum Gasteiger partial charge on any atom is -0.367 e. The molecule has 4 rings (SSSR count). The molecule has 7 heteroatoms. The second-order valence-corrected chi connectivity index (χ2v) is 7.65. The van der Waals surface area contributed by atoms with Crippen LogP contribution in [0.3, 0.4) is 0 Å². The van der Waals surface area contributed by atoms with Gasteiger partial charge in [0.2, 0.25) is 5.95 Å². The molecular weight excluding hydrogens is 314 g/mol. The summed E-state index contributed by atoms with van der Waals surface area (Å²) in [5, 5.41) is 7.27. The molecule has 3 aliphatic rings. The van der Waals surface area contributed by atoms with Crippen molar-refractivity contribution in [3.63, 3.8) is 0 Å². The fraction of sp³-hybridized carbons (Fsp3) is 0.778. The van der Waals surface area contributed by atoms with Gasteiger partial charge in [-0.1, -0.05) is 6.92 Å². The predicted octanol–water partition coefficient (Wildman–Crippen LogP) is 1.11. The summed E-state index contributed by atoms with van der Waals surface area (Å²) in [6.45, 7) is 6.42. The van der Waals surface area contributed by atoms with E-state index in [1.165, 1.54) is 19.3 Å². The van der Waals surface area contributed by atoms with E-state index >= 15 is 0 Å². The van der Waals surface area contributed by atoms with Crippen LogP contribution >= 0.6 is 0 Å². The molecule has 2 aliphatic heterocycles. The highest BCUT2D eigenvalue weighted by Crippen LogP contribution is 2.28. The Morgan fingerprint density at radius 1 is 1.36 bits per heavy atom. The summed E-state index contributed by atoms with van der Waals surface area (Å²) in [5.41, 5.74) is 6.69. The molecule has 0 bridgehead atoms. The van der Waals surface area contributed by atoms with Gasteiger partial charge in [-0.05, 0) is 50.6 Å². The van der Waals surface area contributed by atoms with E-state index in [1.807, 2.05) is 12.3 Å². The first-order valence-electron chi connectivity index (χ1n) is 9.88. The highest BCUT2D eigenvalue weighted by atomic mass is 15.4. The average Bonchev–Trinajstić information content (AvgIpc) is 2.97. The summed E-state index contributed by atoms with van der Waals surface area (Å²) in [7, 11) is 0. The topological polar surface area (TPSA) is 77.1 Å². The Morgan fingerprint density at radius 3 is 3.24 bits per heavy atom. The van der Waals surface area contributed by atoms with Gasteiger partial charge in [-0.15, -0.1) is 0 Å². The van der Waals surface area contributed by atoms with E-state index in [9.17, 15) is 0 Å². The van der Waals surface area contributed by atoms with E-state index in [4.69, 9.17) is 4.98 Å². The van der Waals surface area contributed by atoms with E-state index in [0.29, 0.717) is 18.1 Å². The first-order chi connectivity index (χ1) is 12.3. The Kier molecular flexibility index (Phi) is 5.33. The van der Waals surface area contributed by atoms with Crippen molar-refractivity contribution < 1.29 is 0 Å². The smallest absolute Gasteiger partial charge is 0.227 e. The second kappa shape index (κ2) is 7.85. The highest BCUT2D eigenvalue weighted by Gasteiger charge is 2.33. The summed E-state index contributed by atoms with van der Waals surface area (Å²) >= 11 is 0. The lowest BCUT2D eigenvalue weighted by Gasteiger charge is -2.31. The van der Waals surface area contributed by atoms with Crippen molar-refractivity contribution >= 4 is 11.8 Å². The van der Waals surface area contributed by atoms with Gasteiger partial charge < -0.3 is 15.5 Å². The molecule has 3 fully saturated rings. The van der Waals surface area contributed by atoms with Crippen molar-refractivity contribution in [3.8, 4) is 0 Å². The van der Waals surface area contributed by atoms with Crippen LogP contribution in [-0.4, -0.2) is 54.3 Å². The largest absolute Gasteiger partial charge is 0.367 e. The van der Waals surface area contributed by atoms with Gasteiger partial charge in [0.15, 0.2) is 0 Å². The maximum atomic E-state index is 4.83. The molecule has 4 N–H and O–H groups in total. The van der Waals surface area contributed by atoms with E-state index in [1.54, 1.807) is 0 Å². The molecule has 0 spiro atoms. The maximum Gasteiger partial charge on any atom is 0.227 e. The fourth-order valence-corrected chi connectivity index (χ4v) is 4.38. The Hall–Kier alpha value is -1.44. The minimum atomic E-state index is 0.514. The number of hydrazine groups is 1. The third kappa shape index (κ3) is 4.04. The molecule has 1 saturated carbocycles. The molecule has 138 valence electrons. The lowest BCUT2D eigenvalue weighted by molar-refractivity contribution is 0.314. The number of fused-ring (bicyclic) bond motifs is 1. The van der Waals surface area contributed by atoms with Gasteiger partial charge in [0.1, 0.15) is 5.82 Å². The van der Waals surface area contributed by atoms with Crippen LogP contribution in [-0.2, 0) is 0 Å². The molecule has 25 heavy (non-hydrogen) atoms. The zero-order chi connectivity index (χ0) is 17.1. The zero-order valence-electron chi connectivity index (χ0n) is 15.2. The van der Waals surface area contributed by atoms with E-state index in [-0.39, 0.29) is 0 Å². The van der Waals surface area contributed by atoms with Gasteiger partial charge in [0.05, 0.1) is 0 Å². The van der Waals surface area contributed by atoms with E-state index in [0.717, 1.165) is 56.7 Å². The molecule has 7 nitrogen and oxygen atoms in total. The van der Waals surface area contributed by atoms with Crippen LogP contribution < -0.4 is 26.4 Å². The Balaban J connectivity index is 1.40. The number of anilines is 2. The highest BCUT2D eigenvalue weighted by molar-refractivity contribution is 5.42. The molecule has 2 saturated heterocycles. The van der Waals surface area contributed by atoms with Gasteiger partial charge in [-0.25, -0.2) is 4.98 Å². The van der Waals surface area contributed by atoms with Crippen LogP contribution in [0, 0.1) is 5.92 Å². The first kappa shape index (κ1) is 17.0. The Bertz CT molecular complexity index is 566. The van der Waals surface area contributed by atoms with Crippen molar-refractivity contribution in [2.75, 3.05) is 36.4 Å². The molecule has 4 atom stereocenters. The fourth-order valence-electron chi connectivity index (χ4n) is 4.38. The van der Waals surface area contributed by atoms with Gasteiger partial charge in [0, 0.05) is 44.0 Å². The molecule has 0 aromatic carbocycles. The lowest BCUT2D eigenvalue weighted by Crippen LogP contribution is -2.39. The zero-order valence-corrected chi connectivity index (χ0v) is 15.2. The Morgan fingerprint density at radius 2 is 2.32 bits per heavy atom. The molecule has 1 aromatic heterocycles. The molecule has 4 unspecified atom stereocenters. The van der Waals surface area contributed by atoms with Crippen molar-refractivity contribution in [1.29, 1.82) is 0 Å². The van der Waals surface area contributed by atoms with Gasteiger partial charge in [0.25, 0.3) is 0 Å². The van der Waals surface area contributed by atoms with Gasteiger partial charge in [-0.3, -0.25) is 10.9 Å². The number of hydrogen-bond acceptors (Lipinski definition) is 7. The van der Waals surface area contributed by atoms with Crippen LogP contribution in [0.1, 0.15) is 39.0 Å². The maximum absolute atomic E-state index is 4.83. The SMILES string of the molecule is CCC1CN(c2nccc(NC3CCC4NNCC4C3)n2)CCCN1. The van der Waals surface area contributed by atoms with Crippen LogP contribution in [0.15, 0.2) is 12.3 Å². The van der Waals surface area contributed by atoms with Crippen molar-refractivity contribution in [1.82, 2.24) is 26.1 Å². The quantitative estimate of drug-likeness (QED) is 0.651. The van der Waals surface area contributed by atoms with Crippen LogP contribution in [0.25, 0.3) is 0 Å². The van der Waals surface area contributed by atoms with Crippen LogP contribution in [0.2, 0.25) is 0 Å². The summed E-state index contributed by atoms with van der Waals surface area (Å²) in [6, 6.07) is 3.70. The third-order valence-corrected chi connectivity index (χ3v) is 5.88. The number of hydrogen-bond donors (Lipinski definition) is 4. The number of rotatable bonds is 4. The van der Waals surface area contributed by atoms with Crippen LogP contribution in [0.4, 0.5) is 11.8 Å². The number of nitrogens with one attached hydrogen (secondary N) is 4. The van der Waals surface area contributed by atoms with E-state index in [2.05, 4.69) is 38.3 Å². The van der Waals surface area contributed by atoms with Gasteiger partial charge in [-0.2, -0.15) is 4.98 Å². The van der Waals surface area contributed by atoms with Gasteiger partial charge >= 0.3 is 0 Å². The normalized spacial score (nSPS) is 32.9. The summed E-state index contributed by atoms with van der Waals surface area (Å²) in [6.07, 6.45) is 7.80. The first-order valence-corrected chi connectivity index (χ1v) is 9.88. The monoisotopic (exact) mass is 345 g/mol. The predicted molar refractivity (Wildman–Crippen MR) is 101 cm³/mol. The number of aromatic nitrogens is 2. The van der Waals surface area contributed by atoms with Crippen molar-refractivity contribution in [2.45, 2.75) is 57.2 Å². The Labute approximate surface area is 150 Å². The van der Waals surface area contributed by atoms with Crippen molar-refractivity contribution in [2.24, 2.45) is 5.92 Å². The summed E-state index contributed by atoms with van der Waals surface area (Å²) in [5.74, 6) is 2.57. The van der Waals surface area contributed by atoms with E-state index < -0.39 is 0 Å². The average molecular weight is 345 g/mol. The standard InChI is InChI=1S/C18H31N7/c1-2-14-12-25(9-3-7-19-14)18-20-8-6-17(23-18)22-15-4-5-16-13(10-15)11-21-24-16/h6,8,13-16,19,21,24H,2-5,7,9-12H2,1H3,(H,20,22,23). The minimum absolute atomic E-state index is 0.514. The van der Waals surface area contributed by atoms with Crippen molar-refractivity contribution in [3.05, 3.63) is 12.3 Å². The molecule has 0 radical (unpaired) electrons. The summed E-state index contributed by atoms with van der Waals surface area (Å²) < 4.78 is 0. The molecular formula is C18H31N7. The number of nitrogens with zero attached hydrogens (tertiary/aromatic N) is 3. The molecule has 0 amide bonds. The molecule has 3 heterocycles. The molecule has 1 aliphatic carbocycles. The summed E-state index contributed by atoms with van der Waals surface area (Å²) in [4.78, 5) is 11.7. The molecule has 1 aromatic rings. The second-order valence-electron chi connectivity index (χ2n) is 7.65. The van der Waals surface area contributed by atoms with Crippen LogP contribution in [0.5, 0.6) is 0 Å². The lowest BCUT2D eigenvalue weighted by atomic mass is 9.83.